The Morgan fingerprint density at radius 1 is 1.42 bits per heavy atom. The summed E-state index contributed by atoms with van der Waals surface area (Å²) in [7, 11) is 0. The molecule has 0 amide bonds. The zero-order valence-electron chi connectivity index (χ0n) is 5.90. The van der Waals surface area contributed by atoms with Crippen molar-refractivity contribution in [1.82, 2.24) is 25.6 Å². The standard InChI is InChI=1S/C6H4ClN5/c7-4-1-2-8-5(3-4)6-9-11-12-10-6/h1-3H,(H,9,10,11,12). The van der Waals surface area contributed by atoms with Gasteiger partial charge in [0.05, 0.1) is 0 Å². The third kappa shape index (κ3) is 1.26. The highest BCUT2D eigenvalue weighted by Crippen LogP contribution is 2.14. The summed E-state index contributed by atoms with van der Waals surface area (Å²) in [5, 5.41) is 13.9. The monoisotopic (exact) mass is 181 g/mol. The number of nitrogens with zero attached hydrogens (tertiary/aromatic N) is 4. The van der Waals surface area contributed by atoms with E-state index < -0.39 is 0 Å². The van der Waals surface area contributed by atoms with Crippen molar-refractivity contribution in [1.29, 1.82) is 0 Å². The second-order valence-electron chi connectivity index (χ2n) is 2.09. The molecule has 0 saturated carbocycles. The minimum Gasteiger partial charge on any atom is -0.253 e. The number of pyridine rings is 1. The van der Waals surface area contributed by atoms with Gasteiger partial charge in [0.15, 0.2) is 0 Å². The van der Waals surface area contributed by atoms with Gasteiger partial charge in [0.25, 0.3) is 0 Å². The van der Waals surface area contributed by atoms with Gasteiger partial charge in [-0.3, -0.25) is 4.98 Å². The van der Waals surface area contributed by atoms with E-state index in [0.717, 1.165) is 0 Å². The van der Waals surface area contributed by atoms with Gasteiger partial charge in [-0.25, -0.2) is 0 Å². The summed E-state index contributed by atoms with van der Waals surface area (Å²) in [5.41, 5.74) is 0.608. The van der Waals surface area contributed by atoms with E-state index in [1.165, 1.54) is 0 Å². The van der Waals surface area contributed by atoms with Crippen LogP contribution in [0.3, 0.4) is 0 Å². The molecule has 0 fully saturated rings. The van der Waals surface area contributed by atoms with Crippen LogP contribution in [0.2, 0.25) is 5.02 Å². The second-order valence-corrected chi connectivity index (χ2v) is 2.53. The van der Waals surface area contributed by atoms with Crippen molar-refractivity contribution in [3.63, 3.8) is 0 Å². The van der Waals surface area contributed by atoms with Crippen LogP contribution in [0.4, 0.5) is 0 Å². The van der Waals surface area contributed by atoms with Crippen molar-refractivity contribution in [2.24, 2.45) is 0 Å². The van der Waals surface area contributed by atoms with Crippen LogP contribution < -0.4 is 0 Å². The maximum atomic E-state index is 5.74. The molecule has 0 atom stereocenters. The lowest BCUT2D eigenvalue weighted by molar-refractivity contribution is 0.881. The highest BCUT2D eigenvalue weighted by molar-refractivity contribution is 6.30. The van der Waals surface area contributed by atoms with Crippen LogP contribution in [0.25, 0.3) is 11.5 Å². The van der Waals surface area contributed by atoms with Gasteiger partial charge < -0.3 is 0 Å². The zero-order chi connectivity index (χ0) is 8.39. The molecule has 0 unspecified atom stereocenters. The van der Waals surface area contributed by atoms with Crippen LogP contribution in [-0.4, -0.2) is 25.6 Å². The molecule has 2 rings (SSSR count). The number of hydrogen-bond donors (Lipinski definition) is 1. The number of tetrazole rings is 1. The lowest BCUT2D eigenvalue weighted by Gasteiger charge is -1.92. The molecule has 0 spiro atoms. The number of aromatic amines is 1. The molecule has 0 radical (unpaired) electrons. The van der Waals surface area contributed by atoms with Gasteiger partial charge in [0.2, 0.25) is 5.82 Å². The predicted molar refractivity (Wildman–Crippen MR) is 42.4 cm³/mol. The van der Waals surface area contributed by atoms with E-state index in [2.05, 4.69) is 25.6 Å². The topological polar surface area (TPSA) is 67.3 Å². The fourth-order valence-electron chi connectivity index (χ4n) is 0.797. The molecular formula is C6H4ClN5. The third-order valence-electron chi connectivity index (χ3n) is 1.30. The van der Waals surface area contributed by atoms with Crippen molar-refractivity contribution in [2.45, 2.75) is 0 Å². The molecule has 60 valence electrons. The number of halogens is 1. The molecule has 5 nitrogen and oxygen atoms in total. The first-order valence-corrected chi connectivity index (χ1v) is 3.59. The summed E-state index contributed by atoms with van der Waals surface area (Å²) < 4.78 is 0. The number of hydrogen-bond acceptors (Lipinski definition) is 4. The van der Waals surface area contributed by atoms with Gasteiger partial charge in [-0.15, -0.1) is 10.2 Å². The van der Waals surface area contributed by atoms with Crippen LogP contribution >= 0.6 is 11.6 Å². The minimum absolute atomic E-state index is 0.442. The lowest BCUT2D eigenvalue weighted by Crippen LogP contribution is -1.84. The Labute approximate surface area is 72.8 Å². The Bertz CT molecular complexity index is 371. The van der Waals surface area contributed by atoms with Crippen molar-refractivity contribution in [3.05, 3.63) is 23.4 Å². The average molecular weight is 182 g/mol. The Morgan fingerprint density at radius 3 is 3.00 bits per heavy atom. The molecule has 0 bridgehead atoms. The lowest BCUT2D eigenvalue weighted by atomic mass is 10.3. The van der Waals surface area contributed by atoms with E-state index in [9.17, 15) is 0 Å². The largest absolute Gasteiger partial charge is 0.253 e. The second kappa shape index (κ2) is 2.86. The Hall–Kier alpha value is -1.49. The Balaban J connectivity index is 2.48. The van der Waals surface area contributed by atoms with Crippen LogP contribution in [0.15, 0.2) is 18.3 Å². The van der Waals surface area contributed by atoms with E-state index in [4.69, 9.17) is 11.6 Å². The molecule has 2 heterocycles. The number of nitrogens with one attached hydrogen (secondary N) is 1. The molecule has 0 aliphatic rings. The fraction of sp³-hybridized carbons (Fsp3) is 0. The summed E-state index contributed by atoms with van der Waals surface area (Å²) in [4.78, 5) is 4.01. The van der Waals surface area contributed by atoms with Crippen LogP contribution in [0.5, 0.6) is 0 Å². The first-order valence-electron chi connectivity index (χ1n) is 3.21. The molecular weight excluding hydrogens is 178 g/mol. The Morgan fingerprint density at radius 2 is 2.33 bits per heavy atom. The molecule has 2 aromatic heterocycles. The molecule has 2 aromatic rings. The zero-order valence-corrected chi connectivity index (χ0v) is 6.65. The highest BCUT2D eigenvalue weighted by atomic mass is 35.5. The van der Waals surface area contributed by atoms with Gasteiger partial charge in [-0.05, 0) is 17.3 Å². The quantitative estimate of drug-likeness (QED) is 0.710. The van der Waals surface area contributed by atoms with Crippen molar-refractivity contribution < 1.29 is 0 Å². The number of rotatable bonds is 1. The molecule has 0 saturated heterocycles. The first kappa shape index (κ1) is 7.17. The van der Waals surface area contributed by atoms with Crippen molar-refractivity contribution >= 4 is 11.6 Å². The van der Waals surface area contributed by atoms with E-state index >= 15 is 0 Å². The Kier molecular flexibility index (Phi) is 1.71. The molecule has 12 heavy (non-hydrogen) atoms. The summed E-state index contributed by atoms with van der Waals surface area (Å²) in [5.74, 6) is 0.442. The number of H-pyrrole nitrogens is 1. The summed E-state index contributed by atoms with van der Waals surface area (Å²) in [6, 6.07) is 3.36. The summed E-state index contributed by atoms with van der Waals surface area (Å²) in [6.45, 7) is 0. The van der Waals surface area contributed by atoms with Crippen molar-refractivity contribution in [3.8, 4) is 11.5 Å². The normalized spacial score (nSPS) is 10.1. The summed E-state index contributed by atoms with van der Waals surface area (Å²) in [6.07, 6.45) is 1.59. The maximum Gasteiger partial charge on any atom is 0.223 e. The van der Waals surface area contributed by atoms with Gasteiger partial charge in [0.1, 0.15) is 5.69 Å². The summed E-state index contributed by atoms with van der Waals surface area (Å²) >= 11 is 5.74. The predicted octanol–water partition coefficient (Wildman–Crippen LogP) is 0.915. The molecule has 0 aliphatic carbocycles. The maximum absolute atomic E-state index is 5.74. The molecule has 6 heteroatoms. The number of aromatic nitrogens is 5. The fourth-order valence-corrected chi connectivity index (χ4v) is 0.957. The SMILES string of the molecule is Clc1ccnc(-c2nn[nH]n2)c1. The third-order valence-corrected chi connectivity index (χ3v) is 1.53. The van der Waals surface area contributed by atoms with Crippen molar-refractivity contribution in [2.75, 3.05) is 0 Å². The van der Waals surface area contributed by atoms with E-state index in [1.807, 2.05) is 0 Å². The minimum atomic E-state index is 0.442. The molecule has 1 N–H and O–H groups in total. The van der Waals surface area contributed by atoms with Crippen LogP contribution in [0.1, 0.15) is 0 Å². The first-order chi connectivity index (χ1) is 5.86. The highest BCUT2D eigenvalue weighted by Gasteiger charge is 2.03. The van der Waals surface area contributed by atoms with E-state index in [1.54, 1.807) is 18.3 Å². The van der Waals surface area contributed by atoms with E-state index in [0.29, 0.717) is 16.5 Å². The van der Waals surface area contributed by atoms with Gasteiger partial charge in [-0.1, -0.05) is 11.6 Å². The smallest absolute Gasteiger partial charge is 0.223 e. The van der Waals surface area contributed by atoms with Gasteiger partial charge in [0, 0.05) is 11.2 Å². The van der Waals surface area contributed by atoms with Gasteiger partial charge >= 0.3 is 0 Å². The molecule has 0 aromatic carbocycles. The van der Waals surface area contributed by atoms with Gasteiger partial charge in [-0.2, -0.15) is 5.21 Å². The molecule has 0 aliphatic heterocycles. The van der Waals surface area contributed by atoms with E-state index in [-0.39, 0.29) is 0 Å². The van der Waals surface area contributed by atoms with Crippen LogP contribution in [-0.2, 0) is 0 Å². The van der Waals surface area contributed by atoms with Crippen LogP contribution in [0, 0.1) is 0 Å². The average Bonchev–Trinajstić information content (AvgIpc) is 2.56.